The Balaban J connectivity index is 1.90. The van der Waals surface area contributed by atoms with Crippen LogP contribution in [-0.4, -0.2) is 25.0 Å². The maximum Gasteiger partial charge on any atom is 0.263 e. The molecule has 112 valence electrons. The number of nitrogens with one attached hydrogen (secondary N) is 2. The van der Waals surface area contributed by atoms with Crippen molar-refractivity contribution in [2.24, 2.45) is 0 Å². The van der Waals surface area contributed by atoms with Gasteiger partial charge in [-0.1, -0.05) is 0 Å². The molecule has 0 aromatic carbocycles. The van der Waals surface area contributed by atoms with E-state index in [0.717, 1.165) is 18.5 Å². The van der Waals surface area contributed by atoms with Crippen LogP contribution in [0.25, 0.3) is 0 Å². The van der Waals surface area contributed by atoms with Crippen molar-refractivity contribution in [3.8, 4) is 0 Å². The molecule has 1 saturated carbocycles. The van der Waals surface area contributed by atoms with E-state index in [9.17, 15) is 8.42 Å². The Morgan fingerprint density at radius 3 is 2.86 bits per heavy atom. The summed E-state index contributed by atoms with van der Waals surface area (Å²) in [5, 5.41) is 3.08. The highest BCUT2D eigenvalue weighted by atomic mass is 32.2. The SMILES string of the molecule is CNCc1cc(S(=O)(=O)Nc2cccnc2)cn1C1CC1. The molecule has 1 fully saturated rings. The molecule has 2 aromatic heterocycles. The van der Waals surface area contributed by atoms with E-state index in [1.165, 1.54) is 6.20 Å². The third-order valence-corrected chi connectivity index (χ3v) is 4.78. The van der Waals surface area contributed by atoms with Crippen LogP contribution in [0.15, 0.2) is 41.7 Å². The van der Waals surface area contributed by atoms with Crippen LogP contribution in [0.1, 0.15) is 24.6 Å². The molecule has 2 N–H and O–H groups in total. The standard InChI is InChI=1S/C14H18N4O2S/c1-15-9-13-7-14(10-18(13)12-4-5-12)21(19,20)17-11-3-2-6-16-8-11/h2-3,6-8,10,12,15,17H,4-5,9H2,1H3. The molecular weight excluding hydrogens is 288 g/mol. The molecule has 6 nitrogen and oxygen atoms in total. The Morgan fingerprint density at radius 2 is 2.24 bits per heavy atom. The highest BCUT2D eigenvalue weighted by Crippen LogP contribution is 2.37. The van der Waals surface area contributed by atoms with Crippen molar-refractivity contribution in [3.05, 3.63) is 42.5 Å². The van der Waals surface area contributed by atoms with Crippen LogP contribution >= 0.6 is 0 Å². The summed E-state index contributed by atoms with van der Waals surface area (Å²) in [6, 6.07) is 5.54. The fourth-order valence-electron chi connectivity index (χ4n) is 2.30. The molecule has 3 rings (SSSR count). The van der Waals surface area contributed by atoms with E-state index in [2.05, 4.69) is 19.6 Å². The zero-order chi connectivity index (χ0) is 14.9. The van der Waals surface area contributed by atoms with E-state index in [0.29, 0.717) is 23.2 Å². The number of sulfonamides is 1. The van der Waals surface area contributed by atoms with Gasteiger partial charge in [0, 0.05) is 30.7 Å². The normalized spacial score (nSPS) is 15.1. The Morgan fingerprint density at radius 1 is 1.43 bits per heavy atom. The van der Waals surface area contributed by atoms with Crippen LogP contribution in [0.2, 0.25) is 0 Å². The van der Waals surface area contributed by atoms with Crippen LogP contribution in [0.4, 0.5) is 5.69 Å². The molecule has 0 aliphatic heterocycles. The Labute approximate surface area is 124 Å². The molecule has 2 heterocycles. The first kappa shape index (κ1) is 14.1. The minimum atomic E-state index is -3.58. The maximum absolute atomic E-state index is 12.4. The predicted molar refractivity (Wildman–Crippen MR) is 80.5 cm³/mol. The van der Waals surface area contributed by atoms with Gasteiger partial charge in [0.15, 0.2) is 0 Å². The largest absolute Gasteiger partial charge is 0.346 e. The molecule has 7 heteroatoms. The Kier molecular flexibility index (Phi) is 3.69. The lowest BCUT2D eigenvalue weighted by atomic mass is 10.4. The molecule has 0 saturated heterocycles. The summed E-state index contributed by atoms with van der Waals surface area (Å²) in [6.45, 7) is 0.652. The van der Waals surface area contributed by atoms with E-state index >= 15 is 0 Å². The van der Waals surface area contributed by atoms with Crippen LogP contribution in [0.5, 0.6) is 0 Å². The van der Waals surface area contributed by atoms with Crippen molar-refractivity contribution in [2.45, 2.75) is 30.3 Å². The molecule has 0 unspecified atom stereocenters. The van der Waals surface area contributed by atoms with E-state index in [4.69, 9.17) is 0 Å². The van der Waals surface area contributed by atoms with Gasteiger partial charge in [0.25, 0.3) is 10.0 Å². The first-order valence-corrected chi connectivity index (χ1v) is 8.36. The van der Waals surface area contributed by atoms with E-state index in [-0.39, 0.29) is 0 Å². The zero-order valence-electron chi connectivity index (χ0n) is 11.8. The Bertz CT molecular complexity index is 721. The second-order valence-corrected chi connectivity index (χ2v) is 6.87. The lowest BCUT2D eigenvalue weighted by Gasteiger charge is -2.06. The average Bonchev–Trinajstić information content (AvgIpc) is 3.21. The van der Waals surface area contributed by atoms with Gasteiger partial charge in [0.1, 0.15) is 4.90 Å². The van der Waals surface area contributed by atoms with Crippen LogP contribution < -0.4 is 10.0 Å². The van der Waals surface area contributed by atoms with Gasteiger partial charge >= 0.3 is 0 Å². The fraction of sp³-hybridized carbons (Fsp3) is 0.357. The van der Waals surface area contributed by atoms with Gasteiger partial charge in [-0.3, -0.25) is 9.71 Å². The lowest BCUT2D eigenvalue weighted by Crippen LogP contribution is -2.12. The second kappa shape index (κ2) is 5.50. The summed E-state index contributed by atoms with van der Waals surface area (Å²) in [4.78, 5) is 4.21. The second-order valence-electron chi connectivity index (χ2n) is 5.18. The third kappa shape index (κ3) is 3.08. The molecule has 1 aliphatic rings. The van der Waals surface area contributed by atoms with Crippen LogP contribution in [-0.2, 0) is 16.6 Å². The van der Waals surface area contributed by atoms with Gasteiger partial charge in [0.2, 0.25) is 0 Å². The van der Waals surface area contributed by atoms with Gasteiger partial charge in [-0.2, -0.15) is 0 Å². The molecule has 1 aliphatic carbocycles. The topological polar surface area (TPSA) is 76.0 Å². The molecule has 2 aromatic rings. The minimum absolute atomic E-state index is 0.295. The van der Waals surface area contributed by atoms with Crippen molar-refractivity contribution >= 4 is 15.7 Å². The molecule has 0 spiro atoms. The summed E-state index contributed by atoms with van der Waals surface area (Å²) in [7, 11) is -1.72. The van der Waals surface area contributed by atoms with Crippen molar-refractivity contribution < 1.29 is 8.42 Å². The smallest absolute Gasteiger partial charge is 0.263 e. The highest BCUT2D eigenvalue weighted by molar-refractivity contribution is 7.92. The first-order valence-electron chi connectivity index (χ1n) is 6.88. The van der Waals surface area contributed by atoms with Gasteiger partial charge in [-0.15, -0.1) is 0 Å². The maximum atomic E-state index is 12.4. The monoisotopic (exact) mass is 306 g/mol. The highest BCUT2D eigenvalue weighted by Gasteiger charge is 2.28. The number of pyridine rings is 1. The summed E-state index contributed by atoms with van der Waals surface area (Å²) in [5.74, 6) is 0. The minimum Gasteiger partial charge on any atom is -0.346 e. The van der Waals surface area contributed by atoms with Gasteiger partial charge < -0.3 is 9.88 Å². The number of anilines is 1. The lowest BCUT2D eigenvalue weighted by molar-refractivity contribution is 0.600. The molecule has 0 atom stereocenters. The zero-order valence-corrected chi connectivity index (χ0v) is 12.6. The van der Waals surface area contributed by atoms with E-state index in [1.807, 2.05) is 7.05 Å². The molecule has 0 bridgehead atoms. The molecule has 21 heavy (non-hydrogen) atoms. The number of rotatable bonds is 6. The summed E-state index contributed by atoms with van der Waals surface area (Å²) in [5.41, 5.74) is 1.46. The van der Waals surface area contributed by atoms with Crippen LogP contribution in [0.3, 0.4) is 0 Å². The average molecular weight is 306 g/mol. The Hall–Kier alpha value is -1.86. The van der Waals surface area contributed by atoms with Crippen molar-refractivity contribution in [2.75, 3.05) is 11.8 Å². The summed E-state index contributed by atoms with van der Waals surface area (Å²) in [6.07, 6.45) is 7.04. The quantitative estimate of drug-likeness (QED) is 0.852. The number of hydrogen-bond acceptors (Lipinski definition) is 4. The van der Waals surface area contributed by atoms with Crippen LogP contribution in [0, 0.1) is 0 Å². The van der Waals surface area contributed by atoms with Crippen molar-refractivity contribution in [3.63, 3.8) is 0 Å². The van der Waals surface area contributed by atoms with Crippen molar-refractivity contribution in [1.82, 2.24) is 14.9 Å². The van der Waals surface area contributed by atoms with Gasteiger partial charge in [-0.05, 0) is 38.1 Å². The van der Waals surface area contributed by atoms with E-state index < -0.39 is 10.0 Å². The predicted octanol–water partition coefficient (Wildman–Crippen LogP) is 1.74. The van der Waals surface area contributed by atoms with Crippen molar-refractivity contribution in [1.29, 1.82) is 0 Å². The molecular formula is C14H18N4O2S. The molecule has 0 radical (unpaired) electrons. The number of hydrogen-bond donors (Lipinski definition) is 2. The molecule has 0 amide bonds. The van der Waals surface area contributed by atoms with Gasteiger partial charge in [0.05, 0.1) is 11.9 Å². The van der Waals surface area contributed by atoms with Gasteiger partial charge in [-0.25, -0.2) is 8.42 Å². The fourth-order valence-corrected chi connectivity index (χ4v) is 3.39. The van der Waals surface area contributed by atoms with E-state index in [1.54, 1.807) is 30.6 Å². The summed E-state index contributed by atoms with van der Waals surface area (Å²) < 4.78 is 29.5. The number of aromatic nitrogens is 2. The number of nitrogens with zero attached hydrogens (tertiary/aromatic N) is 2. The first-order chi connectivity index (χ1) is 10.1. The summed E-state index contributed by atoms with van der Waals surface area (Å²) >= 11 is 0. The third-order valence-electron chi connectivity index (χ3n) is 3.43.